The van der Waals surface area contributed by atoms with Gasteiger partial charge in [-0.3, -0.25) is 9.48 Å². The molecule has 1 fully saturated rings. The van der Waals surface area contributed by atoms with Crippen molar-refractivity contribution in [3.63, 3.8) is 0 Å². The van der Waals surface area contributed by atoms with Crippen LogP contribution in [0.4, 0.5) is 5.82 Å². The molecule has 9 nitrogen and oxygen atoms in total. The molecule has 0 unspecified atom stereocenters. The Bertz CT molecular complexity index is 893. The summed E-state index contributed by atoms with van der Waals surface area (Å²) in [5.41, 5.74) is 1.06. The van der Waals surface area contributed by atoms with Crippen molar-refractivity contribution in [1.82, 2.24) is 34.9 Å². The van der Waals surface area contributed by atoms with Crippen molar-refractivity contribution in [2.45, 2.75) is 32.9 Å². The fourth-order valence-electron chi connectivity index (χ4n) is 2.96. The number of hydrogen-bond acceptors (Lipinski definition) is 6. The monoisotopic (exact) mass is 340 g/mol. The fraction of sp³-hybridized carbons (Fsp3) is 0.438. The highest BCUT2D eigenvalue weighted by atomic mass is 16.1. The Morgan fingerprint density at radius 1 is 1.16 bits per heavy atom. The quantitative estimate of drug-likeness (QED) is 0.741. The van der Waals surface area contributed by atoms with E-state index in [0.29, 0.717) is 17.2 Å². The molecule has 0 radical (unpaired) electrons. The van der Waals surface area contributed by atoms with Gasteiger partial charge in [-0.25, -0.2) is 0 Å². The first-order valence-corrected chi connectivity index (χ1v) is 8.52. The van der Waals surface area contributed by atoms with Crippen molar-refractivity contribution < 1.29 is 4.79 Å². The van der Waals surface area contributed by atoms with E-state index in [0.717, 1.165) is 25.5 Å². The summed E-state index contributed by atoms with van der Waals surface area (Å²) in [6, 6.07) is 5.57. The van der Waals surface area contributed by atoms with Crippen LogP contribution in [0.2, 0.25) is 0 Å². The Balaban J connectivity index is 1.50. The largest absolute Gasteiger partial charge is 0.355 e. The third-order valence-electron chi connectivity index (χ3n) is 4.35. The molecular weight excluding hydrogens is 320 g/mol. The molecule has 1 aliphatic rings. The number of fused-ring (bicyclic) bond motifs is 1. The van der Waals surface area contributed by atoms with Gasteiger partial charge in [-0.1, -0.05) is 0 Å². The number of aromatic nitrogens is 6. The number of rotatable bonds is 5. The van der Waals surface area contributed by atoms with Crippen LogP contribution in [0.1, 0.15) is 36.1 Å². The highest BCUT2D eigenvalue weighted by Crippen LogP contribution is 2.18. The molecule has 1 N–H and O–H groups in total. The first kappa shape index (κ1) is 15.6. The minimum Gasteiger partial charge on any atom is -0.355 e. The smallest absolute Gasteiger partial charge is 0.272 e. The van der Waals surface area contributed by atoms with E-state index in [4.69, 9.17) is 0 Å². The van der Waals surface area contributed by atoms with Crippen LogP contribution in [-0.2, 0) is 13.1 Å². The van der Waals surface area contributed by atoms with Crippen molar-refractivity contribution in [1.29, 1.82) is 0 Å². The van der Waals surface area contributed by atoms with E-state index in [2.05, 4.69) is 30.6 Å². The van der Waals surface area contributed by atoms with E-state index < -0.39 is 0 Å². The fourth-order valence-corrected chi connectivity index (χ4v) is 2.96. The number of amides is 1. The Hall–Kier alpha value is -2.97. The second-order valence-corrected chi connectivity index (χ2v) is 6.01. The maximum Gasteiger partial charge on any atom is 0.272 e. The average Bonchev–Trinajstić information content (AvgIpc) is 3.39. The SMILES string of the molecule is CCn1ccc(C(=O)NCc2nnc3ccc(N4CCCC4)nn23)n1. The molecule has 3 aromatic heterocycles. The Labute approximate surface area is 144 Å². The van der Waals surface area contributed by atoms with Gasteiger partial charge in [0.1, 0.15) is 11.5 Å². The molecule has 130 valence electrons. The summed E-state index contributed by atoms with van der Waals surface area (Å²) in [6.07, 6.45) is 4.16. The lowest BCUT2D eigenvalue weighted by Gasteiger charge is -2.15. The van der Waals surface area contributed by atoms with Crippen molar-refractivity contribution in [3.8, 4) is 0 Å². The van der Waals surface area contributed by atoms with E-state index in [9.17, 15) is 4.79 Å². The number of carbonyl (C=O) groups is 1. The van der Waals surface area contributed by atoms with Crippen LogP contribution in [0.3, 0.4) is 0 Å². The lowest BCUT2D eigenvalue weighted by molar-refractivity contribution is 0.0944. The van der Waals surface area contributed by atoms with Crippen LogP contribution in [0.15, 0.2) is 24.4 Å². The topological polar surface area (TPSA) is 93.2 Å². The van der Waals surface area contributed by atoms with Gasteiger partial charge in [-0.15, -0.1) is 15.3 Å². The van der Waals surface area contributed by atoms with Gasteiger partial charge < -0.3 is 10.2 Å². The predicted octanol–water partition coefficient (Wildman–Crippen LogP) is 0.871. The van der Waals surface area contributed by atoms with E-state index in [-0.39, 0.29) is 12.5 Å². The van der Waals surface area contributed by atoms with Crippen LogP contribution < -0.4 is 10.2 Å². The van der Waals surface area contributed by atoms with Gasteiger partial charge in [-0.2, -0.15) is 9.61 Å². The molecule has 0 bridgehead atoms. The van der Waals surface area contributed by atoms with Crippen molar-refractivity contribution in [2.24, 2.45) is 0 Å². The first-order valence-electron chi connectivity index (χ1n) is 8.52. The third kappa shape index (κ3) is 3.04. The number of nitrogens with zero attached hydrogens (tertiary/aromatic N) is 7. The zero-order valence-electron chi connectivity index (χ0n) is 14.1. The number of aryl methyl sites for hydroxylation is 1. The van der Waals surface area contributed by atoms with E-state index in [1.165, 1.54) is 12.8 Å². The molecular formula is C16H20N8O. The van der Waals surface area contributed by atoms with Gasteiger partial charge in [0.05, 0.1) is 6.54 Å². The van der Waals surface area contributed by atoms with Crippen molar-refractivity contribution in [3.05, 3.63) is 35.9 Å². The molecule has 0 aromatic carbocycles. The summed E-state index contributed by atoms with van der Waals surface area (Å²) in [7, 11) is 0. The van der Waals surface area contributed by atoms with Crippen LogP contribution >= 0.6 is 0 Å². The van der Waals surface area contributed by atoms with E-state index >= 15 is 0 Å². The molecule has 0 spiro atoms. The zero-order chi connectivity index (χ0) is 17.2. The molecule has 25 heavy (non-hydrogen) atoms. The van der Waals surface area contributed by atoms with E-state index in [1.54, 1.807) is 21.5 Å². The van der Waals surface area contributed by atoms with Crippen LogP contribution in [0.5, 0.6) is 0 Å². The standard InChI is InChI=1S/C16H20N8O/c1-2-23-10-7-12(20-23)16(25)17-11-15-19-18-13-5-6-14(21-24(13)15)22-8-3-4-9-22/h5-7,10H,2-4,8-9,11H2,1H3,(H,17,25). The van der Waals surface area contributed by atoms with Gasteiger partial charge in [0, 0.05) is 25.8 Å². The summed E-state index contributed by atoms with van der Waals surface area (Å²) >= 11 is 0. The minimum absolute atomic E-state index is 0.236. The maximum atomic E-state index is 12.2. The summed E-state index contributed by atoms with van der Waals surface area (Å²) in [5.74, 6) is 1.28. The van der Waals surface area contributed by atoms with Gasteiger partial charge in [0.15, 0.2) is 11.5 Å². The molecule has 0 atom stereocenters. The van der Waals surface area contributed by atoms with Crippen LogP contribution in [-0.4, -0.2) is 48.6 Å². The summed E-state index contributed by atoms with van der Waals surface area (Å²) in [4.78, 5) is 14.5. The van der Waals surface area contributed by atoms with Gasteiger partial charge in [-0.05, 0) is 38.0 Å². The molecule has 1 amide bonds. The lowest BCUT2D eigenvalue weighted by Crippen LogP contribution is -2.25. The van der Waals surface area contributed by atoms with Crippen LogP contribution in [0.25, 0.3) is 5.65 Å². The highest BCUT2D eigenvalue weighted by molar-refractivity contribution is 5.92. The van der Waals surface area contributed by atoms with Gasteiger partial charge >= 0.3 is 0 Å². The maximum absolute atomic E-state index is 12.2. The van der Waals surface area contributed by atoms with Crippen molar-refractivity contribution in [2.75, 3.05) is 18.0 Å². The number of carbonyl (C=O) groups excluding carboxylic acids is 1. The highest BCUT2D eigenvalue weighted by Gasteiger charge is 2.16. The summed E-state index contributed by atoms with van der Waals surface area (Å²) < 4.78 is 3.41. The number of nitrogens with one attached hydrogen (secondary N) is 1. The van der Waals surface area contributed by atoms with E-state index in [1.807, 2.05) is 19.1 Å². The Morgan fingerprint density at radius 3 is 2.76 bits per heavy atom. The molecule has 4 rings (SSSR count). The number of anilines is 1. The molecule has 1 saturated heterocycles. The average molecular weight is 340 g/mol. The predicted molar refractivity (Wildman–Crippen MR) is 91.3 cm³/mol. The lowest BCUT2D eigenvalue weighted by atomic mass is 10.4. The zero-order valence-corrected chi connectivity index (χ0v) is 14.1. The normalized spacial score (nSPS) is 14.4. The third-order valence-corrected chi connectivity index (χ3v) is 4.35. The second kappa shape index (κ2) is 6.50. The van der Waals surface area contributed by atoms with Gasteiger partial charge in [0.2, 0.25) is 0 Å². The minimum atomic E-state index is -0.236. The molecule has 0 saturated carbocycles. The molecule has 9 heteroatoms. The molecule has 1 aliphatic heterocycles. The number of hydrogen-bond donors (Lipinski definition) is 1. The van der Waals surface area contributed by atoms with Crippen molar-refractivity contribution >= 4 is 17.4 Å². The molecule has 0 aliphatic carbocycles. The Kier molecular flexibility index (Phi) is 4.04. The molecule has 4 heterocycles. The summed E-state index contributed by atoms with van der Waals surface area (Å²) in [6.45, 7) is 4.99. The second-order valence-electron chi connectivity index (χ2n) is 6.01. The van der Waals surface area contributed by atoms with Gasteiger partial charge in [0.25, 0.3) is 5.91 Å². The first-order chi connectivity index (χ1) is 12.2. The summed E-state index contributed by atoms with van der Waals surface area (Å²) in [5, 5.41) is 19.9. The Morgan fingerprint density at radius 2 is 2.00 bits per heavy atom. The van der Waals surface area contributed by atoms with Crippen LogP contribution in [0, 0.1) is 0 Å². The molecule has 3 aromatic rings.